The zero-order chi connectivity index (χ0) is 27.2. The van der Waals surface area contributed by atoms with Crippen LogP contribution in [0.2, 0.25) is 0 Å². The Morgan fingerprint density at radius 1 is 1.10 bits per heavy atom. The number of pyridine rings is 2. The summed E-state index contributed by atoms with van der Waals surface area (Å²) in [4.78, 5) is 27.3. The molecule has 0 saturated carbocycles. The van der Waals surface area contributed by atoms with Crippen molar-refractivity contribution in [2.45, 2.75) is 39.9 Å². The van der Waals surface area contributed by atoms with Gasteiger partial charge < -0.3 is 15.2 Å². The number of carbonyl (C=O) groups is 1. The Morgan fingerprint density at radius 2 is 2.00 bits per heavy atom. The van der Waals surface area contributed by atoms with Gasteiger partial charge in [0.1, 0.15) is 17.2 Å². The minimum absolute atomic E-state index is 0.226. The Morgan fingerprint density at radius 3 is 2.88 bits per heavy atom. The summed E-state index contributed by atoms with van der Waals surface area (Å²) in [6.45, 7) is 7.18. The number of fused-ring (bicyclic) bond motifs is 3. The third-order valence-electron chi connectivity index (χ3n) is 7.47. The molecule has 7 rings (SSSR count). The van der Waals surface area contributed by atoms with Crippen LogP contribution in [-0.4, -0.2) is 46.2 Å². The van der Waals surface area contributed by atoms with Gasteiger partial charge in [0.15, 0.2) is 0 Å². The molecule has 10 heteroatoms. The van der Waals surface area contributed by atoms with E-state index >= 15 is 0 Å². The lowest BCUT2D eigenvalue weighted by atomic mass is 10.1. The third-order valence-corrected chi connectivity index (χ3v) is 7.47. The molecule has 1 aliphatic rings. The highest BCUT2D eigenvalue weighted by atomic mass is 16.2. The van der Waals surface area contributed by atoms with Crippen LogP contribution in [-0.2, 0) is 26.1 Å². The van der Waals surface area contributed by atoms with Crippen LogP contribution >= 0.6 is 0 Å². The lowest BCUT2D eigenvalue weighted by molar-refractivity contribution is 0.102. The van der Waals surface area contributed by atoms with Crippen molar-refractivity contribution in [2.24, 2.45) is 0 Å². The van der Waals surface area contributed by atoms with Crippen molar-refractivity contribution in [3.63, 3.8) is 0 Å². The predicted molar refractivity (Wildman–Crippen MR) is 153 cm³/mol. The minimum Gasteiger partial charge on any atom is -0.326 e. The molecule has 10 nitrogen and oxygen atoms in total. The fourth-order valence-electron chi connectivity index (χ4n) is 5.54. The smallest absolute Gasteiger partial charge is 0.274 e. The molecule has 6 heterocycles. The Labute approximate surface area is 230 Å². The van der Waals surface area contributed by atoms with E-state index in [9.17, 15) is 4.79 Å². The average molecular weight is 532 g/mol. The van der Waals surface area contributed by atoms with Gasteiger partial charge in [0.2, 0.25) is 0 Å². The van der Waals surface area contributed by atoms with Gasteiger partial charge in [-0.15, -0.1) is 0 Å². The molecule has 5 aromatic heterocycles. The summed E-state index contributed by atoms with van der Waals surface area (Å²) in [6.07, 6.45) is 6.17. The summed E-state index contributed by atoms with van der Waals surface area (Å²) >= 11 is 0. The number of anilines is 1. The van der Waals surface area contributed by atoms with E-state index in [-0.39, 0.29) is 5.91 Å². The van der Waals surface area contributed by atoms with Crippen LogP contribution < -0.4 is 10.6 Å². The molecule has 1 aromatic carbocycles. The van der Waals surface area contributed by atoms with Crippen molar-refractivity contribution in [3.8, 4) is 11.3 Å². The second kappa shape index (κ2) is 9.73. The van der Waals surface area contributed by atoms with Crippen molar-refractivity contribution in [3.05, 3.63) is 95.7 Å². The Balaban J connectivity index is 1.20. The standard InChI is InChI=1S/C30H29N9O/c1-3-22-29-23(8-5-9-24(29)39(36-22)18-21-7-4-6-19(2)34-21)35-30(40)26-16-32-27-14-20(10-12-37(26)27)25-15-33-28-17-31-11-13-38(25)28/h4-10,12,14-16,31H,3,11,13,17-18H2,1-2H3,(H,35,40). The van der Waals surface area contributed by atoms with Gasteiger partial charge in [-0.25, -0.2) is 9.97 Å². The van der Waals surface area contributed by atoms with E-state index in [1.165, 1.54) is 0 Å². The molecule has 0 unspecified atom stereocenters. The first-order valence-electron chi connectivity index (χ1n) is 13.5. The van der Waals surface area contributed by atoms with Crippen LogP contribution in [0.4, 0.5) is 5.69 Å². The van der Waals surface area contributed by atoms with Gasteiger partial charge >= 0.3 is 0 Å². The number of aryl methyl sites for hydroxylation is 2. The molecular weight excluding hydrogens is 502 g/mol. The van der Waals surface area contributed by atoms with E-state index in [1.54, 1.807) is 6.20 Å². The predicted octanol–water partition coefficient (Wildman–Crippen LogP) is 4.22. The summed E-state index contributed by atoms with van der Waals surface area (Å²) in [6, 6.07) is 15.9. The Kier molecular flexibility index (Phi) is 5.89. The van der Waals surface area contributed by atoms with Gasteiger partial charge in [-0.05, 0) is 49.7 Å². The van der Waals surface area contributed by atoms with Crippen molar-refractivity contribution in [1.82, 2.24) is 39.0 Å². The molecule has 0 aliphatic carbocycles. The molecule has 0 fully saturated rings. The highest BCUT2D eigenvalue weighted by Crippen LogP contribution is 2.29. The van der Waals surface area contributed by atoms with Crippen LogP contribution in [0.5, 0.6) is 0 Å². The average Bonchev–Trinajstić information content (AvgIpc) is 3.68. The summed E-state index contributed by atoms with van der Waals surface area (Å²) in [5, 5.41) is 12.3. The summed E-state index contributed by atoms with van der Waals surface area (Å²) in [5.41, 5.74) is 7.79. The molecule has 200 valence electrons. The number of rotatable bonds is 6. The normalized spacial score (nSPS) is 13.2. The minimum atomic E-state index is -0.226. The number of aromatic nitrogens is 7. The van der Waals surface area contributed by atoms with E-state index in [2.05, 4.69) is 37.1 Å². The van der Waals surface area contributed by atoms with Gasteiger partial charge in [0, 0.05) is 35.9 Å². The first-order chi connectivity index (χ1) is 19.6. The summed E-state index contributed by atoms with van der Waals surface area (Å²) < 4.78 is 6.02. The fourth-order valence-corrected chi connectivity index (χ4v) is 5.54. The molecule has 40 heavy (non-hydrogen) atoms. The van der Waals surface area contributed by atoms with Gasteiger partial charge in [-0.2, -0.15) is 5.10 Å². The van der Waals surface area contributed by atoms with Crippen molar-refractivity contribution in [1.29, 1.82) is 0 Å². The molecule has 2 N–H and O–H groups in total. The van der Waals surface area contributed by atoms with Crippen LogP contribution in [0.3, 0.4) is 0 Å². The maximum Gasteiger partial charge on any atom is 0.274 e. The topological polar surface area (TPSA) is 107 Å². The lowest BCUT2D eigenvalue weighted by Gasteiger charge is -2.17. The van der Waals surface area contributed by atoms with Gasteiger partial charge in [-0.3, -0.25) is 18.9 Å². The number of hydrogen-bond donors (Lipinski definition) is 2. The van der Waals surface area contributed by atoms with E-state index in [1.807, 2.05) is 76.9 Å². The molecular formula is C30H29N9O. The molecule has 0 spiro atoms. The monoisotopic (exact) mass is 531 g/mol. The SMILES string of the molecule is CCc1nn(Cc2cccc(C)n2)c2cccc(NC(=O)c3cnc4cc(-c5cnc6n5CCNC6)ccn34)c12. The van der Waals surface area contributed by atoms with Crippen molar-refractivity contribution < 1.29 is 4.79 Å². The number of nitrogens with zero attached hydrogens (tertiary/aromatic N) is 7. The van der Waals surface area contributed by atoms with Crippen LogP contribution in [0, 0.1) is 6.92 Å². The molecule has 0 radical (unpaired) electrons. The second-order valence-corrected chi connectivity index (χ2v) is 10.1. The number of imidazole rings is 2. The second-order valence-electron chi connectivity index (χ2n) is 10.1. The van der Waals surface area contributed by atoms with Crippen molar-refractivity contribution >= 4 is 28.1 Å². The van der Waals surface area contributed by atoms with Gasteiger partial charge in [0.25, 0.3) is 5.91 Å². The largest absolute Gasteiger partial charge is 0.326 e. The number of carbonyl (C=O) groups excluding carboxylic acids is 1. The number of hydrogen-bond acceptors (Lipinski definition) is 6. The highest BCUT2D eigenvalue weighted by Gasteiger charge is 2.20. The molecule has 6 aromatic rings. The zero-order valence-electron chi connectivity index (χ0n) is 22.4. The van der Waals surface area contributed by atoms with E-state index in [0.717, 1.165) is 76.8 Å². The number of benzene rings is 1. The summed E-state index contributed by atoms with van der Waals surface area (Å²) in [7, 11) is 0. The van der Waals surface area contributed by atoms with Crippen LogP contribution in [0.15, 0.2) is 67.1 Å². The summed E-state index contributed by atoms with van der Waals surface area (Å²) in [5.74, 6) is 0.805. The molecule has 0 saturated heterocycles. The fraction of sp³-hybridized carbons (Fsp3) is 0.233. The molecule has 0 bridgehead atoms. The first kappa shape index (κ1) is 24.2. The molecule has 1 aliphatic heterocycles. The van der Waals surface area contributed by atoms with Crippen molar-refractivity contribution in [2.75, 3.05) is 11.9 Å². The maximum atomic E-state index is 13.5. The number of amides is 1. The zero-order valence-corrected chi connectivity index (χ0v) is 22.4. The molecule has 1 amide bonds. The van der Waals surface area contributed by atoms with E-state index < -0.39 is 0 Å². The van der Waals surface area contributed by atoms with E-state index in [4.69, 9.17) is 5.10 Å². The van der Waals surface area contributed by atoms with E-state index in [0.29, 0.717) is 17.9 Å². The lowest BCUT2D eigenvalue weighted by Crippen LogP contribution is -2.28. The maximum absolute atomic E-state index is 13.5. The molecule has 0 atom stereocenters. The van der Waals surface area contributed by atoms with Gasteiger partial charge in [-0.1, -0.05) is 19.1 Å². The Hall–Kier alpha value is -4.83. The quantitative estimate of drug-likeness (QED) is 0.333. The van der Waals surface area contributed by atoms with Crippen LogP contribution in [0.1, 0.15) is 40.3 Å². The third kappa shape index (κ3) is 4.13. The van der Waals surface area contributed by atoms with Gasteiger partial charge in [0.05, 0.1) is 53.8 Å². The van der Waals surface area contributed by atoms with Crippen LogP contribution in [0.25, 0.3) is 27.8 Å². The highest BCUT2D eigenvalue weighted by molar-refractivity contribution is 6.08. The Bertz CT molecular complexity index is 1890. The number of nitrogens with one attached hydrogen (secondary N) is 2. The first-order valence-corrected chi connectivity index (χ1v) is 13.5.